The molecule has 5 nitrogen and oxygen atoms in total. The second kappa shape index (κ2) is 7.70. The summed E-state index contributed by atoms with van der Waals surface area (Å²) in [6.07, 6.45) is -10.1. The third-order valence-corrected chi connectivity index (χ3v) is 7.24. The average Bonchev–Trinajstić information content (AvgIpc) is 3.45. The van der Waals surface area contributed by atoms with Crippen LogP contribution in [0, 0.1) is 5.82 Å². The van der Waals surface area contributed by atoms with E-state index >= 15 is 0 Å². The Morgan fingerprint density at radius 1 is 1.00 bits per heavy atom. The van der Waals surface area contributed by atoms with Gasteiger partial charge in [0.2, 0.25) is 11.1 Å². The second-order valence-corrected chi connectivity index (χ2v) is 11.0. The van der Waals surface area contributed by atoms with Gasteiger partial charge in [0.25, 0.3) is 0 Å². The molecule has 2 aromatic rings. The first kappa shape index (κ1) is 25.0. The summed E-state index contributed by atoms with van der Waals surface area (Å²) in [5.41, 5.74) is -7.80. The summed E-state index contributed by atoms with van der Waals surface area (Å²) in [6.45, 7) is 2.40. The van der Waals surface area contributed by atoms with Gasteiger partial charge < -0.3 is 14.0 Å². The number of pyridine rings is 1. The lowest BCUT2D eigenvalue weighted by Crippen LogP contribution is -2.60. The van der Waals surface area contributed by atoms with E-state index in [1.54, 1.807) is 0 Å². The number of fused-ring (bicyclic) bond motifs is 1. The summed E-state index contributed by atoms with van der Waals surface area (Å²) in [5, 5.41) is 0. The van der Waals surface area contributed by atoms with E-state index < -0.39 is 75.6 Å². The normalized spacial score (nSPS) is 25.6. The lowest BCUT2D eigenvalue weighted by Gasteiger charge is -2.35. The van der Waals surface area contributed by atoms with Gasteiger partial charge in [-0.15, -0.1) is 4.72 Å². The Bertz CT molecular complexity index is 1100. The number of alkyl halides is 6. The molecule has 3 atom stereocenters. The van der Waals surface area contributed by atoms with E-state index in [1.165, 1.54) is 20.8 Å². The van der Waals surface area contributed by atoms with E-state index in [0.29, 0.717) is 6.07 Å². The predicted molar refractivity (Wildman–Crippen MR) is 108 cm³/mol. The van der Waals surface area contributed by atoms with Crippen molar-refractivity contribution in [1.82, 2.24) is 9.71 Å². The Hall–Kier alpha value is -2.09. The van der Waals surface area contributed by atoms with E-state index in [1.807, 2.05) is 0 Å². The van der Waals surface area contributed by atoms with Crippen molar-refractivity contribution < 1.29 is 44.8 Å². The zero-order chi connectivity index (χ0) is 25.3. The molecule has 0 radical (unpaired) electrons. The summed E-state index contributed by atoms with van der Waals surface area (Å²) in [7, 11) is 0. The number of epoxide rings is 1. The van der Waals surface area contributed by atoms with Gasteiger partial charge in [-0.3, -0.25) is 0 Å². The largest absolute Gasteiger partial charge is 0.598 e. The molecule has 0 spiro atoms. The maximum atomic E-state index is 14.5. The van der Waals surface area contributed by atoms with Crippen molar-refractivity contribution in [2.24, 2.45) is 0 Å². The highest BCUT2D eigenvalue weighted by atomic mass is 32.2. The molecule has 1 aromatic heterocycles. The lowest BCUT2D eigenvalue weighted by molar-refractivity contribution is -0.196. The standard InChI is InChI=1S/C21H19F7N2O3S/c1-17(2,3)34(31)30-18(20(23,24)25)9-32-16-13(18)8-14(19(10-33-19)21(26,27)28)29-15(16)11-4-6-12(22)7-5-11/h4-8,30H,9-10H2,1-3H3. The van der Waals surface area contributed by atoms with Crippen LogP contribution in [-0.2, 0) is 27.2 Å². The topological polar surface area (TPSA) is 69.7 Å². The molecule has 1 aromatic carbocycles. The van der Waals surface area contributed by atoms with Crippen LogP contribution in [0.25, 0.3) is 11.3 Å². The third kappa shape index (κ3) is 3.91. The molecule has 2 aliphatic rings. The van der Waals surface area contributed by atoms with Crippen LogP contribution < -0.4 is 9.46 Å². The van der Waals surface area contributed by atoms with E-state index in [-0.39, 0.29) is 11.3 Å². The molecule has 1 saturated heterocycles. The number of aromatic nitrogens is 1. The van der Waals surface area contributed by atoms with Gasteiger partial charge in [-0.1, -0.05) is 0 Å². The highest BCUT2D eigenvalue weighted by Crippen LogP contribution is 2.56. The van der Waals surface area contributed by atoms with Crippen molar-refractivity contribution >= 4 is 11.4 Å². The lowest BCUT2D eigenvalue weighted by atomic mass is 9.89. The summed E-state index contributed by atoms with van der Waals surface area (Å²) in [5.74, 6) is -1.11. The van der Waals surface area contributed by atoms with Crippen molar-refractivity contribution in [1.29, 1.82) is 0 Å². The highest BCUT2D eigenvalue weighted by Gasteiger charge is 2.70. The van der Waals surface area contributed by atoms with E-state index in [4.69, 9.17) is 4.74 Å². The number of benzene rings is 1. The van der Waals surface area contributed by atoms with E-state index in [0.717, 1.165) is 24.3 Å². The van der Waals surface area contributed by atoms with Crippen molar-refractivity contribution in [3.05, 3.63) is 47.4 Å². The molecule has 186 valence electrons. The van der Waals surface area contributed by atoms with Crippen molar-refractivity contribution in [2.45, 2.75) is 49.0 Å². The first-order chi connectivity index (χ1) is 15.5. The minimum Gasteiger partial charge on any atom is -0.598 e. The second-order valence-electron chi connectivity index (χ2n) is 9.03. The Morgan fingerprint density at radius 3 is 2.06 bits per heavy atom. The smallest absolute Gasteiger partial charge is 0.425 e. The van der Waals surface area contributed by atoms with Crippen molar-refractivity contribution in [3.63, 3.8) is 0 Å². The molecule has 2 aliphatic heterocycles. The molecule has 1 N–H and O–H groups in total. The van der Waals surface area contributed by atoms with Crippen LogP contribution in [0.4, 0.5) is 30.7 Å². The highest BCUT2D eigenvalue weighted by molar-refractivity contribution is 7.90. The van der Waals surface area contributed by atoms with Gasteiger partial charge >= 0.3 is 12.4 Å². The number of halogens is 7. The van der Waals surface area contributed by atoms with Crippen LogP contribution in [0.1, 0.15) is 32.0 Å². The molecule has 4 rings (SSSR count). The summed E-state index contributed by atoms with van der Waals surface area (Å²) in [6, 6.07) is 4.93. The summed E-state index contributed by atoms with van der Waals surface area (Å²) in [4.78, 5) is 3.96. The van der Waals surface area contributed by atoms with Crippen molar-refractivity contribution in [2.75, 3.05) is 13.2 Å². The fourth-order valence-electron chi connectivity index (χ4n) is 3.48. The van der Waals surface area contributed by atoms with Crippen LogP contribution >= 0.6 is 0 Å². The van der Waals surface area contributed by atoms with Crippen LogP contribution in [0.2, 0.25) is 0 Å². The minimum absolute atomic E-state index is 0.0346. The van der Waals surface area contributed by atoms with Gasteiger partial charge in [0.05, 0.1) is 12.3 Å². The SMILES string of the molecule is CC(C)(C)[S+]([O-])NC1(C(F)(F)F)COc2c1cc(C1(C(F)(F)F)CO1)nc2-c1ccc(F)cc1. The first-order valence-electron chi connectivity index (χ1n) is 9.94. The number of nitrogens with zero attached hydrogens (tertiary/aromatic N) is 1. The summed E-state index contributed by atoms with van der Waals surface area (Å²) < 4.78 is 122. The van der Waals surface area contributed by atoms with Crippen LogP contribution in [-0.4, -0.2) is 39.9 Å². The van der Waals surface area contributed by atoms with Crippen molar-refractivity contribution in [3.8, 4) is 17.0 Å². The fourth-order valence-corrected chi connectivity index (χ4v) is 4.39. The fraction of sp³-hybridized carbons (Fsp3) is 0.476. The molecule has 3 heterocycles. The van der Waals surface area contributed by atoms with Crippen LogP contribution in [0.15, 0.2) is 30.3 Å². The quantitative estimate of drug-likeness (QED) is 0.360. The maximum absolute atomic E-state index is 14.5. The van der Waals surface area contributed by atoms with E-state index in [2.05, 4.69) is 14.4 Å². The molecule has 34 heavy (non-hydrogen) atoms. The minimum atomic E-state index is -5.12. The molecule has 0 aliphatic carbocycles. The predicted octanol–water partition coefficient (Wildman–Crippen LogP) is 4.88. The Balaban J connectivity index is 1.98. The van der Waals surface area contributed by atoms with Crippen LogP contribution in [0.3, 0.4) is 0 Å². The number of nitrogens with one attached hydrogen (secondary N) is 1. The molecular weight excluding hydrogens is 493 g/mol. The number of rotatable bonds is 4. The Kier molecular flexibility index (Phi) is 5.67. The Morgan fingerprint density at radius 2 is 1.59 bits per heavy atom. The first-order valence-corrected chi connectivity index (χ1v) is 11.1. The van der Waals surface area contributed by atoms with Gasteiger partial charge in [-0.2, -0.15) is 26.3 Å². The third-order valence-electron chi connectivity index (χ3n) is 5.60. The van der Waals surface area contributed by atoms with Crippen LogP contribution in [0.5, 0.6) is 5.75 Å². The Labute approximate surface area is 193 Å². The molecule has 13 heteroatoms. The number of hydrogen-bond donors (Lipinski definition) is 1. The summed E-state index contributed by atoms with van der Waals surface area (Å²) >= 11 is -2.28. The number of ether oxygens (including phenoxy) is 2. The zero-order valence-electron chi connectivity index (χ0n) is 18.0. The van der Waals surface area contributed by atoms with Gasteiger partial charge in [0, 0.05) is 22.5 Å². The van der Waals surface area contributed by atoms with E-state index in [9.17, 15) is 35.3 Å². The molecular formula is C21H19F7N2O3S. The monoisotopic (exact) mass is 512 g/mol. The molecule has 0 amide bonds. The molecule has 3 unspecified atom stereocenters. The zero-order valence-corrected chi connectivity index (χ0v) is 18.8. The maximum Gasteiger partial charge on any atom is 0.425 e. The molecule has 0 saturated carbocycles. The average molecular weight is 512 g/mol. The molecule has 0 bridgehead atoms. The van der Waals surface area contributed by atoms with Gasteiger partial charge in [-0.25, -0.2) is 9.37 Å². The number of hydrogen-bond acceptors (Lipinski definition) is 5. The van der Waals surface area contributed by atoms with Gasteiger partial charge in [-0.05, 0) is 51.1 Å². The van der Waals surface area contributed by atoms with Gasteiger partial charge in [0.1, 0.15) is 22.9 Å². The van der Waals surface area contributed by atoms with Gasteiger partial charge in [0.15, 0.2) is 5.75 Å². The molecule has 1 fully saturated rings.